The summed E-state index contributed by atoms with van der Waals surface area (Å²) in [6.45, 7) is 4.26. The SMILES string of the molecule is COc1c(C(C)C)ccc2c1CCc1c-2sc(NC(N)=O)c1C(N)=O. The molecule has 0 saturated heterocycles. The topological polar surface area (TPSA) is 107 Å². The molecule has 0 aliphatic heterocycles. The van der Waals surface area contributed by atoms with Crippen molar-refractivity contribution in [2.45, 2.75) is 32.6 Å². The number of primary amides is 2. The maximum atomic E-state index is 11.9. The van der Waals surface area contributed by atoms with Crippen molar-refractivity contribution in [1.82, 2.24) is 0 Å². The second-order valence-corrected chi connectivity index (χ2v) is 7.36. The fraction of sp³-hybridized carbons (Fsp3) is 0.333. The van der Waals surface area contributed by atoms with Gasteiger partial charge in [0, 0.05) is 10.4 Å². The molecule has 5 N–H and O–H groups in total. The van der Waals surface area contributed by atoms with Crippen LogP contribution in [-0.2, 0) is 12.8 Å². The van der Waals surface area contributed by atoms with E-state index in [-0.39, 0.29) is 0 Å². The summed E-state index contributed by atoms with van der Waals surface area (Å²) in [5.74, 6) is 0.685. The van der Waals surface area contributed by atoms with E-state index >= 15 is 0 Å². The number of nitrogens with one attached hydrogen (secondary N) is 1. The van der Waals surface area contributed by atoms with E-state index in [1.165, 1.54) is 11.3 Å². The number of ether oxygens (including phenoxy) is 1. The molecule has 7 heteroatoms. The Morgan fingerprint density at radius 2 is 1.88 bits per heavy atom. The first-order chi connectivity index (χ1) is 11.8. The molecule has 0 saturated carbocycles. The zero-order valence-corrected chi connectivity index (χ0v) is 15.3. The van der Waals surface area contributed by atoms with E-state index in [1.807, 2.05) is 0 Å². The Hall–Kier alpha value is -2.54. The number of carbonyl (C=O) groups is 2. The number of hydrogen-bond donors (Lipinski definition) is 3. The second kappa shape index (κ2) is 6.40. The molecule has 1 aromatic heterocycles. The zero-order chi connectivity index (χ0) is 18.3. The van der Waals surface area contributed by atoms with Gasteiger partial charge in [-0.2, -0.15) is 0 Å². The molecule has 1 heterocycles. The van der Waals surface area contributed by atoms with Crippen LogP contribution in [-0.4, -0.2) is 19.0 Å². The van der Waals surface area contributed by atoms with E-state index in [0.717, 1.165) is 39.3 Å². The van der Waals surface area contributed by atoms with Crippen molar-refractivity contribution < 1.29 is 14.3 Å². The Morgan fingerprint density at radius 3 is 2.44 bits per heavy atom. The number of amides is 3. The highest BCUT2D eigenvalue weighted by Crippen LogP contribution is 2.48. The van der Waals surface area contributed by atoms with Crippen LogP contribution in [0.3, 0.4) is 0 Å². The summed E-state index contributed by atoms with van der Waals surface area (Å²) in [4.78, 5) is 24.1. The molecule has 3 rings (SSSR count). The predicted molar refractivity (Wildman–Crippen MR) is 99.5 cm³/mol. The molecule has 3 amide bonds. The van der Waals surface area contributed by atoms with E-state index in [1.54, 1.807) is 7.11 Å². The molecule has 0 radical (unpaired) electrons. The van der Waals surface area contributed by atoms with Gasteiger partial charge in [0.15, 0.2) is 0 Å². The number of methoxy groups -OCH3 is 1. The predicted octanol–water partition coefficient (Wildman–Crippen LogP) is 3.24. The fourth-order valence-corrected chi connectivity index (χ4v) is 4.74. The number of carbonyl (C=O) groups excluding carboxylic acids is 2. The third-order valence-electron chi connectivity index (χ3n) is 4.48. The number of urea groups is 1. The van der Waals surface area contributed by atoms with Crippen molar-refractivity contribution in [3.05, 3.63) is 34.4 Å². The average Bonchev–Trinajstić information content (AvgIpc) is 2.90. The number of benzene rings is 1. The van der Waals surface area contributed by atoms with Gasteiger partial charge in [0.1, 0.15) is 10.8 Å². The normalized spacial score (nSPS) is 12.5. The van der Waals surface area contributed by atoms with E-state index in [4.69, 9.17) is 16.2 Å². The lowest BCUT2D eigenvalue weighted by atomic mass is 9.85. The summed E-state index contributed by atoms with van der Waals surface area (Å²) >= 11 is 1.33. The first kappa shape index (κ1) is 17.3. The lowest BCUT2D eigenvalue weighted by Crippen LogP contribution is -2.22. The lowest BCUT2D eigenvalue weighted by Gasteiger charge is -2.23. The molecule has 6 nitrogen and oxygen atoms in total. The van der Waals surface area contributed by atoms with Gasteiger partial charge >= 0.3 is 6.03 Å². The minimum Gasteiger partial charge on any atom is -0.496 e. The standard InChI is InChI=1S/C18H21N3O3S/c1-8(2)9-4-6-11-10(14(9)24-3)5-7-12-13(16(19)22)17(21-18(20)23)25-15(11)12/h4,6,8H,5,7H2,1-3H3,(H2,19,22)(H3,20,21,23). The van der Waals surface area contributed by atoms with Gasteiger partial charge in [0.05, 0.1) is 12.7 Å². The number of thiophene rings is 1. The van der Waals surface area contributed by atoms with E-state index in [2.05, 4.69) is 31.3 Å². The first-order valence-electron chi connectivity index (χ1n) is 8.07. The molecule has 0 atom stereocenters. The quantitative estimate of drug-likeness (QED) is 0.780. The zero-order valence-electron chi connectivity index (χ0n) is 14.4. The third-order valence-corrected chi connectivity index (χ3v) is 5.66. The number of nitrogens with two attached hydrogens (primary N) is 2. The molecule has 0 unspecified atom stereocenters. The van der Waals surface area contributed by atoms with Crippen molar-refractivity contribution in [3.8, 4) is 16.2 Å². The van der Waals surface area contributed by atoms with Crippen LogP contribution in [0.4, 0.5) is 9.80 Å². The number of rotatable bonds is 4. The smallest absolute Gasteiger partial charge is 0.317 e. The molecule has 25 heavy (non-hydrogen) atoms. The summed E-state index contributed by atoms with van der Waals surface area (Å²) in [5, 5.41) is 2.93. The van der Waals surface area contributed by atoms with Crippen LogP contribution in [0.25, 0.3) is 10.4 Å². The van der Waals surface area contributed by atoms with Gasteiger partial charge in [0.2, 0.25) is 0 Å². The van der Waals surface area contributed by atoms with E-state index in [0.29, 0.717) is 22.9 Å². The van der Waals surface area contributed by atoms with Gasteiger partial charge in [-0.05, 0) is 35.4 Å². The largest absolute Gasteiger partial charge is 0.496 e. The summed E-state index contributed by atoms with van der Waals surface area (Å²) < 4.78 is 5.69. The minimum atomic E-state index is -0.714. The second-order valence-electron chi connectivity index (χ2n) is 6.34. The van der Waals surface area contributed by atoms with Crippen molar-refractivity contribution in [2.75, 3.05) is 12.4 Å². The monoisotopic (exact) mass is 359 g/mol. The van der Waals surface area contributed by atoms with Crippen molar-refractivity contribution >= 4 is 28.3 Å². The van der Waals surface area contributed by atoms with Crippen LogP contribution in [0.15, 0.2) is 12.1 Å². The molecule has 0 bridgehead atoms. The summed E-state index contributed by atoms with van der Waals surface area (Å²) in [7, 11) is 1.68. The van der Waals surface area contributed by atoms with Gasteiger partial charge < -0.3 is 16.2 Å². The maximum absolute atomic E-state index is 11.9. The molecule has 0 fully saturated rings. The molecule has 2 aromatic rings. The van der Waals surface area contributed by atoms with Gasteiger partial charge in [-0.25, -0.2) is 4.79 Å². The Bertz CT molecular complexity index is 871. The van der Waals surface area contributed by atoms with Crippen LogP contribution in [0.2, 0.25) is 0 Å². The van der Waals surface area contributed by atoms with Crippen molar-refractivity contribution in [1.29, 1.82) is 0 Å². The number of anilines is 1. The molecule has 1 aliphatic rings. The lowest BCUT2D eigenvalue weighted by molar-refractivity contribution is 0.100. The molecule has 1 aliphatic carbocycles. The average molecular weight is 359 g/mol. The van der Waals surface area contributed by atoms with Crippen molar-refractivity contribution in [2.24, 2.45) is 11.5 Å². The molecular weight excluding hydrogens is 338 g/mol. The number of fused-ring (bicyclic) bond motifs is 3. The molecule has 132 valence electrons. The highest BCUT2D eigenvalue weighted by Gasteiger charge is 2.30. The number of hydrogen-bond acceptors (Lipinski definition) is 4. The van der Waals surface area contributed by atoms with Gasteiger partial charge in [-0.1, -0.05) is 26.0 Å². The maximum Gasteiger partial charge on any atom is 0.317 e. The van der Waals surface area contributed by atoms with Crippen LogP contribution in [0.5, 0.6) is 5.75 Å². The fourth-order valence-electron chi connectivity index (χ4n) is 3.43. The first-order valence-corrected chi connectivity index (χ1v) is 8.88. The Kier molecular flexibility index (Phi) is 4.43. The molecule has 1 aromatic carbocycles. The third kappa shape index (κ3) is 2.84. The van der Waals surface area contributed by atoms with Crippen LogP contribution >= 0.6 is 11.3 Å². The highest BCUT2D eigenvalue weighted by atomic mass is 32.1. The Labute approximate surface area is 150 Å². The van der Waals surface area contributed by atoms with Crippen molar-refractivity contribution in [3.63, 3.8) is 0 Å². The summed E-state index contributed by atoms with van der Waals surface area (Å²) in [5.41, 5.74) is 15.3. The van der Waals surface area contributed by atoms with Gasteiger partial charge in [0.25, 0.3) is 5.91 Å². The highest BCUT2D eigenvalue weighted by molar-refractivity contribution is 7.20. The van der Waals surface area contributed by atoms with Crippen LogP contribution in [0, 0.1) is 0 Å². The van der Waals surface area contributed by atoms with Crippen LogP contribution in [0.1, 0.15) is 46.8 Å². The summed E-state index contributed by atoms with van der Waals surface area (Å²) in [6.07, 6.45) is 1.41. The molecule has 0 spiro atoms. The minimum absolute atomic E-state index is 0.346. The van der Waals surface area contributed by atoms with Crippen LogP contribution < -0.4 is 21.5 Å². The Balaban J connectivity index is 2.23. The Morgan fingerprint density at radius 1 is 1.20 bits per heavy atom. The van der Waals surface area contributed by atoms with Gasteiger partial charge in [-0.15, -0.1) is 11.3 Å². The van der Waals surface area contributed by atoms with E-state index in [9.17, 15) is 9.59 Å². The van der Waals surface area contributed by atoms with E-state index < -0.39 is 11.9 Å². The molecular formula is C18H21N3O3S. The summed E-state index contributed by atoms with van der Waals surface area (Å²) in [6, 6.07) is 3.40. The van der Waals surface area contributed by atoms with Gasteiger partial charge in [-0.3, -0.25) is 10.1 Å².